The van der Waals surface area contributed by atoms with Crippen LogP contribution in [0, 0.1) is 13.8 Å². The molecule has 0 radical (unpaired) electrons. The minimum atomic E-state index is -0.292. The van der Waals surface area contributed by atoms with E-state index in [1.165, 1.54) is 0 Å². The normalized spacial score (nSPS) is 12.4. The van der Waals surface area contributed by atoms with Crippen molar-refractivity contribution in [3.8, 4) is 0 Å². The number of hydrogen-bond donors (Lipinski definition) is 1. The minimum absolute atomic E-state index is 0.0177. The summed E-state index contributed by atoms with van der Waals surface area (Å²) in [5.74, 6) is -0.0177. The van der Waals surface area contributed by atoms with Gasteiger partial charge < -0.3 is 5.32 Å². The van der Waals surface area contributed by atoms with Gasteiger partial charge in [0.2, 0.25) is 5.91 Å². The van der Waals surface area contributed by atoms with Gasteiger partial charge in [-0.05, 0) is 48.7 Å². The summed E-state index contributed by atoms with van der Waals surface area (Å²) in [7, 11) is 0. The zero-order valence-corrected chi connectivity index (χ0v) is 14.1. The Labute approximate surface area is 132 Å². The zero-order chi connectivity index (χ0) is 15.4. The van der Waals surface area contributed by atoms with Crippen LogP contribution < -0.4 is 5.32 Å². The van der Waals surface area contributed by atoms with Crippen LogP contribution in [0.3, 0.4) is 0 Å². The van der Waals surface area contributed by atoms with Gasteiger partial charge in [0.05, 0.1) is 16.4 Å². The second kappa shape index (κ2) is 6.89. The van der Waals surface area contributed by atoms with E-state index in [0.29, 0.717) is 6.54 Å². The van der Waals surface area contributed by atoms with Gasteiger partial charge in [0.25, 0.3) is 0 Å². The van der Waals surface area contributed by atoms with Gasteiger partial charge >= 0.3 is 0 Å². The Bertz CT molecular complexity index is 599. The van der Waals surface area contributed by atoms with Crippen molar-refractivity contribution >= 4 is 21.8 Å². The van der Waals surface area contributed by atoms with Gasteiger partial charge in [-0.25, -0.2) is 0 Å². The molecule has 21 heavy (non-hydrogen) atoms. The molecule has 0 bridgehead atoms. The number of nitrogens with one attached hydrogen (secondary N) is 1. The number of amides is 1. The Morgan fingerprint density at radius 1 is 1.43 bits per heavy atom. The third-order valence-corrected chi connectivity index (χ3v) is 4.04. The predicted molar refractivity (Wildman–Crippen MR) is 84.0 cm³/mol. The lowest BCUT2D eigenvalue weighted by Crippen LogP contribution is -2.32. The first-order valence-corrected chi connectivity index (χ1v) is 7.74. The molecule has 0 aliphatic carbocycles. The molecule has 2 rings (SSSR count). The first kappa shape index (κ1) is 15.8. The van der Waals surface area contributed by atoms with Crippen LogP contribution in [0.15, 0.2) is 23.1 Å². The van der Waals surface area contributed by atoms with Crippen molar-refractivity contribution in [3.63, 3.8) is 0 Å². The SMILES string of the molecule is Cc1cnn(C(C)C(=O)NCCCn2cc(Br)c(C)n2)c1. The molecule has 0 saturated carbocycles. The fourth-order valence-corrected chi connectivity index (χ4v) is 2.29. The smallest absolute Gasteiger partial charge is 0.244 e. The van der Waals surface area contributed by atoms with Gasteiger partial charge in [-0.2, -0.15) is 10.2 Å². The maximum absolute atomic E-state index is 12.0. The molecule has 1 unspecified atom stereocenters. The molecule has 6 nitrogen and oxygen atoms in total. The zero-order valence-electron chi connectivity index (χ0n) is 12.5. The van der Waals surface area contributed by atoms with Crippen molar-refractivity contribution in [2.75, 3.05) is 6.54 Å². The summed E-state index contributed by atoms with van der Waals surface area (Å²) >= 11 is 3.43. The average molecular weight is 354 g/mol. The highest BCUT2D eigenvalue weighted by molar-refractivity contribution is 9.10. The molecule has 0 spiro atoms. The minimum Gasteiger partial charge on any atom is -0.354 e. The van der Waals surface area contributed by atoms with E-state index in [9.17, 15) is 4.79 Å². The molecular formula is C14H20BrN5O. The summed E-state index contributed by atoms with van der Waals surface area (Å²) in [6, 6.07) is -0.292. The summed E-state index contributed by atoms with van der Waals surface area (Å²) in [6.07, 6.45) is 6.41. The fraction of sp³-hybridized carbons (Fsp3) is 0.500. The summed E-state index contributed by atoms with van der Waals surface area (Å²) < 4.78 is 4.57. The summed E-state index contributed by atoms with van der Waals surface area (Å²) in [4.78, 5) is 12.0. The van der Waals surface area contributed by atoms with Gasteiger partial charge in [-0.1, -0.05) is 0 Å². The number of hydrogen-bond acceptors (Lipinski definition) is 3. The van der Waals surface area contributed by atoms with Crippen LogP contribution in [0.1, 0.15) is 30.6 Å². The lowest BCUT2D eigenvalue weighted by Gasteiger charge is -2.12. The number of halogens is 1. The van der Waals surface area contributed by atoms with E-state index in [-0.39, 0.29) is 11.9 Å². The molecule has 0 fully saturated rings. The molecular weight excluding hydrogens is 334 g/mol. The van der Waals surface area contributed by atoms with E-state index >= 15 is 0 Å². The summed E-state index contributed by atoms with van der Waals surface area (Å²) in [5, 5.41) is 11.4. The standard InChI is InChI=1S/C14H20BrN5O/c1-10-7-17-20(8-10)12(3)14(21)16-5-4-6-19-9-13(15)11(2)18-19/h7-9,12H,4-6H2,1-3H3,(H,16,21). The molecule has 0 saturated heterocycles. The maximum atomic E-state index is 12.0. The topological polar surface area (TPSA) is 64.7 Å². The molecule has 2 heterocycles. The van der Waals surface area contributed by atoms with Crippen LogP contribution in [0.25, 0.3) is 0 Å². The van der Waals surface area contributed by atoms with Crippen LogP contribution in [0.2, 0.25) is 0 Å². The first-order chi connectivity index (χ1) is 9.97. The Hall–Kier alpha value is -1.63. The third-order valence-electron chi connectivity index (χ3n) is 3.26. The van der Waals surface area contributed by atoms with Gasteiger partial charge in [0.15, 0.2) is 0 Å². The Morgan fingerprint density at radius 3 is 2.76 bits per heavy atom. The van der Waals surface area contributed by atoms with E-state index in [1.807, 2.05) is 37.8 Å². The number of aromatic nitrogens is 4. The highest BCUT2D eigenvalue weighted by Gasteiger charge is 2.14. The van der Waals surface area contributed by atoms with Gasteiger partial charge in [-0.15, -0.1) is 0 Å². The van der Waals surface area contributed by atoms with Crippen LogP contribution in [0.5, 0.6) is 0 Å². The fourth-order valence-electron chi connectivity index (χ4n) is 1.97. The van der Waals surface area contributed by atoms with E-state index < -0.39 is 0 Å². The molecule has 0 aliphatic heterocycles. The van der Waals surface area contributed by atoms with Crippen LogP contribution in [-0.4, -0.2) is 32.0 Å². The lowest BCUT2D eigenvalue weighted by molar-refractivity contribution is -0.124. The van der Waals surface area contributed by atoms with Gasteiger partial charge in [-0.3, -0.25) is 14.2 Å². The number of rotatable bonds is 6. The van der Waals surface area contributed by atoms with E-state index in [0.717, 1.165) is 28.7 Å². The molecule has 1 N–H and O–H groups in total. The Morgan fingerprint density at radius 2 is 2.19 bits per heavy atom. The first-order valence-electron chi connectivity index (χ1n) is 6.95. The maximum Gasteiger partial charge on any atom is 0.244 e. The molecule has 0 aliphatic rings. The van der Waals surface area contributed by atoms with E-state index in [2.05, 4.69) is 31.4 Å². The van der Waals surface area contributed by atoms with Crippen molar-refractivity contribution < 1.29 is 4.79 Å². The molecule has 2 aromatic rings. The van der Waals surface area contributed by atoms with Crippen molar-refractivity contribution in [1.29, 1.82) is 0 Å². The lowest BCUT2D eigenvalue weighted by atomic mass is 10.3. The third kappa shape index (κ3) is 4.17. The molecule has 7 heteroatoms. The molecule has 2 aromatic heterocycles. The quantitative estimate of drug-likeness (QED) is 0.809. The van der Waals surface area contributed by atoms with Crippen LogP contribution in [0.4, 0.5) is 0 Å². The molecule has 1 atom stereocenters. The van der Waals surface area contributed by atoms with Crippen molar-refractivity contribution in [1.82, 2.24) is 24.9 Å². The van der Waals surface area contributed by atoms with Crippen LogP contribution >= 0.6 is 15.9 Å². The number of carbonyl (C=O) groups is 1. The van der Waals surface area contributed by atoms with E-state index in [1.54, 1.807) is 10.9 Å². The summed E-state index contributed by atoms with van der Waals surface area (Å²) in [5.41, 5.74) is 2.02. The van der Waals surface area contributed by atoms with Gasteiger partial charge in [0, 0.05) is 25.5 Å². The number of carbonyl (C=O) groups excluding carboxylic acids is 1. The predicted octanol–water partition coefficient (Wildman–Crippen LogP) is 2.23. The average Bonchev–Trinajstić information content (AvgIpc) is 3.00. The monoisotopic (exact) mass is 353 g/mol. The van der Waals surface area contributed by atoms with Crippen LogP contribution in [-0.2, 0) is 11.3 Å². The highest BCUT2D eigenvalue weighted by atomic mass is 79.9. The number of aryl methyl sites for hydroxylation is 3. The number of nitrogens with zero attached hydrogens (tertiary/aromatic N) is 4. The Kier molecular flexibility index (Phi) is 5.17. The van der Waals surface area contributed by atoms with E-state index in [4.69, 9.17) is 0 Å². The second-order valence-corrected chi connectivity index (χ2v) is 6.00. The highest BCUT2D eigenvalue weighted by Crippen LogP contribution is 2.13. The largest absolute Gasteiger partial charge is 0.354 e. The van der Waals surface area contributed by atoms with Crippen molar-refractivity contribution in [2.45, 2.75) is 39.8 Å². The van der Waals surface area contributed by atoms with Gasteiger partial charge in [0.1, 0.15) is 6.04 Å². The summed E-state index contributed by atoms with van der Waals surface area (Å²) in [6.45, 7) is 7.16. The molecule has 114 valence electrons. The second-order valence-electron chi connectivity index (χ2n) is 5.14. The van der Waals surface area contributed by atoms with Crippen molar-refractivity contribution in [2.24, 2.45) is 0 Å². The molecule has 1 amide bonds. The molecule has 0 aromatic carbocycles. The Balaban J connectivity index is 1.74. The van der Waals surface area contributed by atoms with Crippen molar-refractivity contribution in [3.05, 3.63) is 34.3 Å².